The van der Waals surface area contributed by atoms with E-state index in [1.54, 1.807) is 0 Å². The highest BCUT2D eigenvalue weighted by molar-refractivity contribution is 6.96. The van der Waals surface area contributed by atoms with Gasteiger partial charge >= 0.3 is 0 Å². The molecule has 0 radical (unpaired) electrons. The molecule has 0 N–H and O–H groups in total. The normalized spacial score (nSPS) is 14.7. The van der Waals surface area contributed by atoms with Crippen molar-refractivity contribution in [3.63, 3.8) is 0 Å². The molecule has 2 aliphatic carbocycles. The van der Waals surface area contributed by atoms with Crippen LogP contribution in [0.3, 0.4) is 0 Å². The molecule has 4 aromatic rings. The molecule has 0 atom stereocenters. The third-order valence-electron chi connectivity index (χ3n) is 8.96. The Morgan fingerprint density at radius 1 is 0.581 bits per heavy atom. The van der Waals surface area contributed by atoms with Crippen LogP contribution in [0.1, 0.15) is 59.1 Å². The molecule has 0 saturated carbocycles. The van der Waals surface area contributed by atoms with Crippen LogP contribution in [-0.2, 0) is 38.5 Å². The number of halogens is 10. The molecule has 2 aliphatic rings. The van der Waals surface area contributed by atoms with E-state index >= 15 is 17.6 Å². The number of hydrogen-bond acceptors (Lipinski definition) is 0. The Kier molecular flexibility index (Phi) is 7.71. The number of rotatable bonds is 6. The Bertz CT molecular complexity index is 1620. The third kappa shape index (κ3) is 4.70. The lowest BCUT2D eigenvalue weighted by Crippen LogP contribution is -2.58. The summed E-state index contributed by atoms with van der Waals surface area (Å²) >= 11 is 0. The van der Waals surface area contributed by atoms with Crippen molar-refractivity contribution in [3.05, 3.63) is 110 Å². The summed E-state index contributed by atoms with van der Waals surface area (Å²) in [5.74, 6) is -24.3. The summed E-state index contributed by atoms with van der Waals surface area (Å²) in [6.07, 6.45) is 6.65. The Morgan fingerprint density at radius 3 is 1.65 bits per heavy atom. The highest BCUT2D eigenvalue weighted by Crippen LogP contribution is 2.31. The minimum absolute atomic E-state index is 0.155. The van der Waals surface area contributed by atoms with Gasteiger partial charge in [0.1, 0.15) is 0 Å². The van der Waals surface area contributed by atoms with Crippen LogP contribution >= 0.6 is 0 Å². The molecule has 6 rings (SSSR count). The van der Waals surface area contributed by atoms with Crippen molar-refractivity contribution in [2.24, 2.45) is 0 Å². The molecule has 0 aromatic heterocycles. The second-order valence-electron chi connectivity index (χ2n) is 11.3. The standard InChI is InChI=1S/C32H23BF10/c34-23-21(24(35)28(39)31(42)27(23)38)33(22-25(36)29(40)32(43)30(41)26(22)37)20-13-16-6-2-4-8-18(16)19(20)12-11-15-10-9-14-5-1-3-7-17(14)15/h9-10,13H,1-8,11-12H2/q-2. The lowest BCUT2D eigenvalue weighted by molar-refractivity contribution is 0.382. The zero-order valence-electron chi connectivity index (χ0n) is 22.7. The Balaban J connectivity index is 1.61. The quantitative estimate of drug-likeness (QED) is 0.0764. The van der Waals surface area contributed by atoms with Crippen LogP contribution in [0.5, 0.6) is 0 Å². The van der Waals surface area contributed by atoms with Gasteiger partial charge in [-0.15, -0.1) is 0 Å². The predicted octanol–water partition coefficient (Wildman–Crippen LogP) is 6.57. The molecule has 0 unspecified atom stereocenters. The summed E-state index contributed by atoms with van der Waals surface area (Å²) in [6.45, 7) is -2.52. The molecule has 0 fully saturated rings. The van der Waals surface area contributed by atoms with Gasteiger partial charge in [-0.25, -0.2) is 56.0 Å². The van der Waals surface area contributed by atoms with Crippen molar-refractivity contribution in [2.75, 3.05) is 0 Å². The highest BCUT2D eigenvalue weighted by Gasteiger charge is 2.40. The van der Waals surface area contributed by atoms with E-state index in [-0.39, 0.29) is 11.9 Å². The topological polar surface area (TPSA) is 0 Å². The van der Waals surface area contributed by atoms with E-state index in [0.717, 1.165) is 31.2 Å². The maximum absolute atomic E-state index is 15.4. The molecule has 0 bridgehead atoms. The molecule has 11 heteroatoms. The summed E-state index contributed by atoms with van der Waals surface area (Å²) in [7, 11) is 0. The largest absolute Gasteiger partial charge is 0.232 e. The van der Waals surface area contributed by atoms with Crippen molar-refractivity contribution in [1.29, 1.82) is 0 Å². The van der Waals surface area contributed by atoms with Crippen molar-refractivity contribution in [3.8, 4) is 0 Å². The lowest BCUT2D eigenvalue weighted by atomic mass is 9.35. The van der Waals surface area contributed by atoms with Gasteiger partial charge in [-0.05, 0) is 0 Å². The first-order valence-corrected chi connectivity index (χ1v) is 14.1. The fourth-order valence-electron chi connectivity index (χ4n) is 6.92. The van der Waals surface area contributed by atoms with Crippen molar-refractivity contribution < 1.29 is 43.9 Å². The summed E-state index contributed by atoms with van der Waals surface area (Å²) in [4.78, 5) is 0. The SMILES string of the molecule is Fc1c(F)c(F)c(B(c2c(F)c(F)c(F)c(F)c2F)c2cc3c([c-]2CCc2cc[c-]4c2CCCC4)CCCC3)c(F)c1F. The Morgan fingerprint density at radius 2 is 1.07 bits per heavy atom. The molecular formula is C32H23BF10-2. The molecule has 0 amide bonds. The molecule has 226 valence electrons. The number of aryl methyl sites for hydroxylation is 3. The molecule has 0 heterocycles. The van der Waals surface area contributed by atoms with E-state index in [9.17, 15) is 26.3 Å². The Labute approximate surface area is 241 Å². The van der Waals surface area contributed by atoms with Crippen molar-refractivity contribution in [2.45, 2.75) is 64.2 Å². The molecule has 43 heavy (non-hydrogen) atoms. The van der Waals surface area contributed by atoms with Gasteiger partial charge in [-0.2, -0.15) is 44.9 Å². The summed E-state index contributed by atoms with van der Waals surface area (Å²) < 4.78 is 147. The van der Waals surface area contributed by atoms with E-state index in [2.05, 4.69) is 0 Å². The molecule has 0 aliphatic heterocycles. The predicted molar refractivity (Wildman–Crippen MR) is 142 cm³/mol. The molecular weight excluding hydrogens is 585 g/mol. The van der Waals surface area contributed by atoms with Crippen LogP contribution < -0.4 is 16.4 Å². The number of fused-ring (bicyclic) bond motifs is 2. The third-order valence-corrected chi connectivity index (χ3v) is 8.96. The monoisotopic (exact) mass is 608 g/mol. The first-order valence-electron chi connectivity index (χ1n) is 14.1. The van der Waals surface area contributed by atoms with Crippen LogP contribution in [0.25, 0.3) is 0 Å². The fourth-order valence-corrected chi connectivity index (χ4v) is 6.92. The fraction of sp³-hybridized carbons (Fsp3) is 0.312. The summed E-state index contributed by atoms with van der Waals surface area (Å²) in [5, 5.41) is 0. The van der Waals surface area contributed by atoms with E-state index in [1.807, 2.05) is 12.1 Å². The smallest absolute Gasteiger partial charge is 0.215 e. The summed E-state index contributed by atoms with van der Waals surface area (Å²) in [5.41, 5.74) is 1.42. The zero-order chi connectivity index (χ0) is 30.7. The van der Waals surface area contributed by atoms with E-state index in [1.165, 1.54) is 17.2 Å². The average Bonchev–Trinajstić information content (AvgIpc) is 3.60. The maximum atomic E-state index is 15.4. The van der Waals surface area contributed by atoms with Crippen LogP contribution in [0, 0.1) is 58.2 Å². The van der Waals surface area contributed by atoms with Crippen LogP contribution in [0.4, 0.5) is 43.9 Å². The molecule has 0 spiro atoms. The highest BCUT2D eigenvalue weighted by atomic mass is 19.2. The van der Waals surface area contributed by atoms with E-state index < -0.39 is 75.8 Å². The van der Waals surface area contributed by atoms with Crippen molar-refractivity contribution >= 4 is 23.1 Å². The van der Waals surface area contributed by atoms with Gasteiger partial charge in [0, 0.05) is 10.9 Å². The first-order chi connectivity index (χ1) is 20.5. The molecule has 4 aromatic carbocycles. The zero-order valence-corrected chi connectivity index (χ0v) is 22.7. The van der Waals surface area contributed by atoms with Crippen LogP contribution in [-0.4, -0.2) is 6.71 Å². The van der Waals surface area contributed by atoms with Gasteiger partial charge in [-0.3, -0.25) is 0 Å². The second kappa shape index (κ2) is 11.2. The Hall–Kier alpha value is -3.50. The minimum atomic E-state index is -2.52. The average molecular weight is 608 g/mol. The van der Waals surface area contributed by atoms with Gasteiger partial charge in [0.25, 0.3) is 0 Å². The van der Waals surface area contributed by atoms with Gasteiger partial charge in [0.05, 0.1) is 0 Å². The van der Waals surface area contributed by atoms with Gasteiger partial charge in [-0.1, -0.05) is 64.2 Å². The molecule has 0 saturated heterocycles. The lowest BCUT2D eigenvalue weighted by Gasteiger charge is -2.27. The number of hydrogen-bond donors (Lipinski definition) is 0. The van der Waals surface area contributed by atoms with Crippen LogP contribution in [0.2, 0.25) is 0 Å². The van der Waals surface area contributed by atoms with Gasteiger partial charge in [0.15, 0.2) is 58.2 Å². The van der Waals surface area contributed by atoms with Crippen LogP contribution in [0.15, 0.2) is 18.2 Å². The van der Waals surface area contributed by atoms with Gasteiger partial charge in [0.2, 0.25) is 6.71 Å². The van der Waals surface area contributed by atoms with E-state index in [0.29, 0.717) is 48.8 Å². The van der Waals surface area contributed by atoms with Crippen molar-refractivity contribution in [1.82, 2.24) is 0 Å². The second-order valence-corrected chi connectivity index (χ2v) is 11.3. The number of benzene rings is 2. The van der Waals surface area contributed by atoms with Gasteiger partial charge < -0.3 is 0 Å². The first kappa shape index (κ1) is 29.6. The maximum Gasteiger partial charge on any atom is 0.232 e. The summed E-state index contributed by atoms with van der Waals surface area (Å²) in [6, 6.07) is 5.32. The minimum Gasteiger partial charge on any atom is -0.215 e. The van der Waals surface area contributed by atoms with E-state index in [4.69, 9.17) is 0 Å². The molecule has 0 nitrogen and oxygen atoms in total.